The second-order valence-corrected chi connectivity index (χ2v) is 6.26. The van der Waals surface area contributed by atoms with Crippen LogP contribution in [0.4, 0.5) is 0 Å². The van der Waals surface area contributed by atoms with Gasteiger partial charge in [0.15, 0.2) is 0 Å². The van der Waals surface area contributed by atoms with Crippen molar-refractivity contribution in [3.8, 4) is 5.75 Å². The molecule has 2 N–H and O–H groups in total. The van der Waals surface area contributed by atoms with Crippen molar-refractivity contribution in [2.75, 3.05) is 19.5 Å². The first kappa shape index (κ1) is 17.9. The summed E-state index contributed by atoms with van der Waals surface area (Å²) in [5.41, 5.74) is 2.27. The summed E-state index contributed by atoms with van der Waals surface area (Å²) in [7, 11) is 0. The molecule has 0 bridgehead atoms. The molecule has 0 aliphatic carbocycles. The molecule has 118 valence electrons. The summed E-state index contributed by atoms with van der Waals surface area (Å²) in [6.07, 6.45) is 2.23. The smallest absolute Gasteiger partial charge is 0.223 e. The fourth-order valence-corrected chi connectivity index (χ4v) is 2.70. The molecule has 0 fully saturated rings. The van der Waals surface area contributed by atoms with E-state index in [1.165, 1.54) is 5.56 Å². The third kappa shape index (κ3) is 5.98. The second kappa shape index (κ2) is 8.95. The van der Waals surface area contributed by atoms with Crippen LogP contribution in [0.2, 0.25) is 0 Å². The first-order valence-electron chi connectivity index (χ1n) is 7.11. The van der Waals surface area contributed by atoms with Gasteiger partial charge < -0.3 is 15.2 Å². The number of aliphatic hydroxyl groups excluding tert-OH is 1. The molecule has 2 unspecified atom stereocenters. The van der Waals surface area contributed by atoms with Crippen LogP contribution in [0.25, 0.3) is 0 Å². The Balaban J connectivity index is 2.36. The van der Waals surface area contributed by atoms with Gasteiger partial charge in [0.25, 0.3) is 0 Å². The van der Waals surface area contributed by atoms with Gasteiger partial charge >= 0.3 is 0 Å². The summed E-state index contributed by atoms with van der Waals surface area (Å²) in [6.45, 7) is 6.34. The maximum atomic E-state index is 11.8. The Kier molecular flexibility index (Phi) is 7.61. The summed E-state index contributed by atoms with van der Waals surface area (Å²) < 4.78 is 5.64. The molecular weight excluding hydrogens is 286 g/mol. The molecule has 0 saturated heterocycles. The standard InChI is InChI=1S/C16H25NO3S/c1-11-5-6-14(12(2)9-11)20-8-7-16(19)17-13(3)15(10-18)21-4/h5-6,9,13,15,18H,7-8,10H2,1-4H3,(H,17,19). The van der Waals surface area contributed by atoms with Gasteiger partial charge in [0.05, 0.1) is 19.6 Å². The molecule has 0 radical (unpaired) electrons. The van der Waals surface area contributed by atoms with Gasteiger partial charge in [0, 0.05) is 11.3 Å². The number of benzene rings is 1. The third-order valence-corrected chi connectivity index (χ3v) is 4.51. The average molecular weight is 311 g/mol. The summed E-state index contributed by atoms with van der Waals surface area (Å²) in [4.78, 5) is 11.8. The van der Waals surface area contributed by atoms with E-state index in [4.69, 9.17) is 4.74 Å². The van der Waals surface area contributed by atoms with Gasteiger partial charge in [0.2, 0.25) is 5.91 Å². The van der Waals surface area contributed by atoms with Crippen LogP contribution >= 0.6 is 11.8 Å². The quantitative estimate of drug-likeness (QED) is 0.773. The minimum atomic E-state index is -0.0568. The van der Waals surface area contributed by atoms with Gasteiger partial charge in [-0.1, -0.05) is 17.7 Å². The summed E-state index contributed by atoms with van der Waals surface area (Å²) in [6, 6.07) is 5.93. The molecule has 0 aromatic heterocycles. The Morgan fingerprint density at radius 1 is 1.43 bits per heavy atom. The maximum absolute atomic E-state index is 11.8. The first-order chi connectivity index (χ1) is 9.97. The number of hydrogen-bond acceptors (Lipinski definition) is 4. The molecule has 5 heteroatoms. The summed E-state index contributed by atoms with van der Waals surface area (Å²) in [5.74, 6) is 0.763. The van der Waals surface area contributed by atoms with Crippen LogP contribution in [0.15, 0.2) is 18.2 Å². The van der Waals surface area contributed by atoms with Crippen LogP contribution in [0.3, 0.4) is 0 Å². The Hall–Kier alpha value is -1.20. The number of hydrogen-bond donors (Lipinski definition) is 2. The maximum Gasteiger partial charge on any atom is 0.223 e. The number of nitrogens with one attached hydrogen (secondary N) is 1. The van der Waals surface area contributed by atoms with Crippen LogP contribution in [-0.2, 0) is 4.79 Å². The summed E-state index contributed by atoms with van der Waals surface area (Å²) in [5, 5.41) is 12.1. The monoisotopic (exact) mass is 311 g/mol. The average Bonchev–Trinajstić information content (AvgIpc) is 2.42. The molecule has 1 aromatic carbocycles. The number of aliphatic hydroxyl groups is 1. The number of carbonyl (C=O) groups is 1. The Labute approximate surface area is 131 Å². The van der Waals surface area contributed by atoms with Crippen molar-refractivity contribution in [2.24, 2.45) is 0 Å². The van der Waals surface area contributed by atoms with Gasteiger partial charge in [-0.15, -0.1) is 0 Å². The Morgan fingerprint density at radius 3 is 2.71 bits per heavy atom. The van der Waals surface area contributed by atoms with Gasteiger partial charge in [-0.2, -0.15) is 11.8 Å². The van der Waals surface area contributed by atoms with Crippen molar-refractivity contribution in [1.29, 1.82) is 0 Å². The predicted octanol–water partition coefficient (Wildman–Crippen LogP) is 2.30. The van der Waals surface area contributed by atoms with Gasteiger partial charge in [-0.25, -0.2) is 0 Å². The number of rotatable bonds is 8. The van der Waals surface area contributed by atoms with E-state index in [2.05, 4.69) is 11.4 Å². The highest BCUT2D eigenvalue weighted by molar-refractivity contribution is 7.99. The molecule has 4 nitrogen and oxygen atoms in total. The van der Waals surface area contributed by atoms with Crippen LogP contribution < -0.4 is 10.1 Å². The molecule has 1 rings (SSSR count). The fourth-order valence-electron chi connectivity index (χ4n) is 2.07. The molecule has 21 heavy (non-hydrogen) atoms. The molecule has 1 aromatic rings. The zero-order valence-electron chi connectivity index (χ0n) is 13.2. The number of ether oxygens (including phenoxy) is 1. The molecule has 0 aliphatic heterocycles. The van der Waals surface area contributed by atoms with Crippen LogP contribution in [0, 0.1) is 13.8 Å². The zero-order valence-corrected chi connectivity index (χ0v) is 14.0. The largest absolute Gasteiger partial charge is 0.493 e. The van der Waals surface area contributed by atoms with E-state index < -0.39 is 0 Å². The normalized spacial score (nSPS) is 13.6. The lowest BCUT2D eigenvalue weighted by molar-refractivity contribution is -0.122. The number of carbonyl (C=O) groups excluding carboxylic acids is 1. The SMILES string of the molecule is CSC(CO)C(C)NC(=O)CCOc1ccc(C)cc1C. The molecule has 0 saturated carbocycles. The lowest BCUT2D eigenvalue weighted by atomic mass is 10.1. The van der Waals surface area contributed by atoms with Gasteiger partial charge in [-0.05, 0) is 38.7 Å². The molecule has 0 spiro atoms. The number of thioether (sulfide) groups is 1. The number of aryl methyl sites for hydroxylation is 2. The van der Waals surface area contributed by atoms with Crippen molar-refractivity contribution < 1.29 is 14.6 Å². The van der Waals surface area contributed by atoms with Crippen molar-refractivity contribution in [3.05, 3.63) is 29.3 Å². The van der Waals surface area contributed by atoms with Crippen molar-refractivity contribution in [3.63, 3.8) is 0 Å². The number of amides is 1. The Morgan fingerprint density at radius 2 is 2.14 bits per heavy atom. The van der Waals surface area contributed by atoms with Crippen molar-refractivity contribution in [1.82, 2.24) is 5.32 Å². The zero-order chi connectivity index (χ0) is 15.8. The first-order valence-corrected chi connectivity index (χ1v) is 8.39. The highest BCUT2D eigenvalue weighted by Gasteiger charge is 2.17. The van der Waals surface area contributed by atoms with Crippen LogP contribution in [-0.4, -0.2) is 41.8 Å². The molecule has 2 atom stereocenters. The van der Waals surface area contributed by atoms with Crippen molar-refractivity contribution >= 4 is 17.7 Å². The summed E-state index contributed by atoms with van der Waals surface area (Å²) >= 11 is 1.55. The van der Waals surface area contributed by atoms with Gasteiger partial charge in [-0.3, -0.25) is 4.79 Å². The lowest BCUT2D eigenvalue weighted by Gasteiger charge is -2.21. The molecule has 0 aliphatic rings. The minimum Gasteiger partial charge on any atom is -0.493 e. The lowest BCUT2D eigenvalue weighted by Crippen LogP contribution is -2.41. The van der Waals surface area contributed by atoms with E-state index in [0.29, 0.717) is 13.0 Å². The molecule has 0 heterocycles. The molecular formula is C16H25NO3S. The van der Waals surface area contributed by atoms with E-state index in [1.807, 2.05) is 39.2 Å². The van der Waals surface area contributed by atoms with Crippen molar-refractivity contribution in [2.45, 2.75) is 38.5 Å². The second-order valence-electron chi connectivity index (χ2n) is 5.18. The topological polar surface area (TPSA) is 58.6 Å². The predicted molar refractivity (Wildman–Crippen MR) is 88.0 cm³/mol. The molecule has 1 amide bonds. The van der Waals surface area contributed by atoms with E-state index in [0.717, 1.165) is 11.3 Å². The highest BCUT2D eigenvalue weighted by Crippen LogP contribution is 2.18. The van der Waals surface area contributed by atoms with Gasteiger partial charge in [0.1, 0.15) is 5.75 Å². The minimum absolute atomic E-state index is 0.0224. The van der Waals surface area contributed by atoms with Crippen LogP contribution in [0.1, 0.15) is 24.5 Å². The highest BCUT2D eigenvalue weighted by atomic mass is 32.2. The third-order valence-electron chi connectivity index (χ3n) is 3.35. The fraction of sp³-hybridized carbons (Fsp3) is 0.562. The van der Waals surface area contributed by atoms with E-state index in [-0.39, 0.29) is 23.8 Å². The Bertz CT molecular complexity index is 461. The van der Waals surface area contributed by atoms with E-state index >= 15 is 0 Å². The van der Waals surface area contributed by atoms with Crippen LogP contribution in [0.5, 0.6) is 5.75 Å². The van der Waals surface area contributed by atoms with E-state index in [1.54, 1.807) is 11.8 Å². The van der Waals surface area contributed by atoms with E-state index in [9.17, 15) is 9.90 Å².